The van der Waals surface area contributed by atoms with E-state index in [-0.39, 0.29) is 24.1 Å². The number of carbonyl (C=O) groups excluding carboxylic acids is 2. The number of aliphatic imine (C=N–C) groups is 1. The SMILES string of the molecule is CN=C(NCCNC(=O)Cc1cccc(F)c1)NCCc1cccc(C(=O)N(C)C)c1. The minimum atomic E-state index is -0.349. The van der Waals surface area contributed by atoms with Crippen LogP contribution < -0.4 is 16.0 Å². The quantitative estimate of drug-likeness (QED) is 0.322. The Balaban J connectivity index is 1.68. The summed E-state index contributed by atoms with van der Waals surface area (Å²) >= 11 is 0. The zero-order chi connectivity index (χ0) is 22.6. The van der Waals surface area contributed by atoms with Crippen molar-refractivity contribution in [1.82, 2.24) is 20.9 Å². The van der Waals surface area contributed by atoms with Crippen molar-refractivity contribution < 1.29 is 14.0 Å². The minimum Gasteiger partial charge on any atom is -0.356 e. The third-order valence-electron chi connectivity index (χ3n) is 4.50. The molecule has 0 heterocycles. The van der Waals surface area contributed by atoms with E-state index in [1.807, 2.05) is 24.3 Å². The van der Waals surface area contributed by atoms with Crippen molar-refractivity contribution in [2.45, 2.75) is 12.8 Å². The molecule has 0 aliphatic rings. The molecule has 8 heteroatoms. The molecule has 2 aromatic carbocycles. The van der Waals surface area contributed by atoms with Crippen LogP contribution in [0.5, 0.6) is 0 Å². The van der Waals surface area contributed by atoms with Crippen LogP contribution >= 0.6 is 0 Å². The molecule has 0 unspecified atom stereocenters. The van der Waals surface area contributed by atoms with Crippen molar-refractivity contribution in [1.29, 1.82) is 0 Å². The monoisotopic (exact) mass is 427 g/mol. The van der Waals surface area contributed by atoms with Gasteiger partial charge in [0.15, 0.2) is 5.96 Å². The van der Waals surface area contributed by atoms with Gasteiger partial charge in [-0.05, 0) is 41.8 Å². The predicted molar refractivity (Wildman–Crippen MR) is 121 cm³/mol. The van der Waals surface area contributed by atoms with Gasteiger partial charge in [-0.15, -0.1) is 0 Å². The highest BCUT2D eigenvalue weighted by Crippen LogP contribution is 2.08. The van der Waals surface area contributed by atoms with E-state index < -0.39 is 0 Å². The molecule has 0 bridgehead atoms. The first-order valence-electron chi connectivity index (χ1n) is 10.2. The number of benzene rings is 2. The molecule has 2 aromatic rings. The molecule has 0 saturated carbocycles. The normalized spacial score (nSPS) is 11.0. The van der Waals surface area contributed by atoms with Crippen LogP contribution in [0.2, 0.25) is 0 Å². The number of hydrogen-bond acceptors (Lipinski definition) is 3. The van der Waals surface area contributed by atoms with E-state index in [4.69, 9.17) is 0 Å². The van der Waals surface area contributed by atoms with Gasteiger partial charge in [0.25, 0.3) is 5.91 Å². The van der Waals surface area contributed by atoms with E-state index in [0.717, 1.165) is 12.0 Å². The predicted octanol–water partition coefficient (Wildman–Crippen LogP) is 1.59. The summed E-state index contributed by atoms with van der Waals surface area (Å²) in [7, 11) is 5.14. The van der Waals surface area contributed by atoms with E-state index in [1.54, 1.807) is 38.2 Å². The number of nitrogens with one attached hydrogen (secondary N) is 3. The molecule has 0 aliphatic heterocycles. The van der Waals surface area contributed by atoms with E-state index in [0.29, 0.717) is 36.7 Å². The van der Waals surface area contributed by atoms with Gasteiger partial charge in [0, 0.05) is 46.3 Å². The number of amides is 2. The van der Waals surface area contributed by atoms with Gasteiger partial charge in [0.05, 0.1) is 6.42 Å². The first kappa shape index (κ1) is 23.9. The van der Waals surface area contributed by atoms with Crippen molar-refractivity contribution in [3.63, 3.8) is 0 Å². The second-order valence-corrected chi connectivity index (χ2v) is 7.23. The molecule has 0 aliphatic carbocycles. The standard InChI is InChI=1S/C23H30FN5O2/c1-25-23(27-11-10-17-6-4-8-19(14-17)22(31)29(2)3)28-13-12-26-21(30)16-18-7-5-9-20(24)15-18/h4-9,14-15H,10-13,16H2,1-3H3,(H,26,30)(H2,25,27,28). The average molecular weight is 428 g/mol. The van der Waals surface area contributed by atoms with Gasteiger partial charge in [-0.25, -0.2) is 4.39 Å². The Labute approximate surface area is 182 Å². The van der Waals surface area contributed by atoms with Crippen LogP contribution in [0.3, 0.4) is 0 Å². The van der Waals surface area contributed by atoms with E-state index in [9.17, 15) is 14.0 Å². The number of guanidine groups is 1. The topological polar surface area (TPSA) is 85.8 Å². The second-order valence-electron chi connectivity index (χ2n) is 7.23. The summed E-state index contributed by atoms with van der Waals surface area (Å²) in [4.78, 5) is 29.7. The highest BCUT2D eigenvalue weighted by molar-refractivity contribution is 5.94. The summed E-state index contributed by atoms with van der Waals surface area (Å²) < 4.78 is 13.2. The molecule has 7 nitrogen and oxygen atoms in total. The maximum Gasteiger partial charge on any atom is 0.253 e. The summed E-state index contributed by atoms with van der Waals surface area (Å²) in [6.07, 6.45) is 0.875. The molecular weight excluding hydrogens is 397 g/mol. The Morgan fingerprint density at radius 2 is 1.61 bits per heavy atom. The summed E-state index contributed by atoms with van der Waals surface area (Å²) in [5.41, 5.74) is 2.36. The fourth-order valence-electron chi connectivity index (χ4n) is 2.94. The van der Waals surface area contributed by atoms with Crippen LogP contribution in [0.25, 0.3) is 0 Å². The largest absolute Gasteiger partial charge is 0.356 e. The van der Waals surface area contributed by atoms with Crippen molar-refractivity contribution >= 4 is 17.8 Å². The molecule has 166 valence electrons. The van der Waals surface area contributed by atoms with Crippen LogP contribution in [0.15, 0.2) is 53.5 Å². The van der Waals surface area contributed by atoms with Crippen molar-refractivity contribution in [3.05, 3.63) is 71.0 Å². The van der Waals surface area contributed by atoms with Gasteiger partial charge >= 0.3 is 0 Å². The molecule has 0 spiro atoms. The molecule has 0 atom stereocenters. The van der Waals surface area contributed by atoms with Gasteiger partial charge in [-0.2, -0.15) is 0 Å². The van der Waals surface area contributed by atoms with Crippen LogP contribution in [-0.2, 0) is 17.6 Å². The molecule has 31 heavy (non-hydrogen) atoms. The molecule has 2 rings (SSSR count). The van der Waals surface area contributed by atoms with Crippen molar-refractivity contribution in [3.8, 4) is 0 Å². The molecule has 3 N–H and O–H groups in total. The van der Waals surface area contributed by atoms with Gasteiger partial charge in [-0.3, -0.25) is 14.6 Å². The minimum absolute atomic E-state index is 0.0215. The lowest BCUT2D eigenvalue weighted by molar-refractivity contribution is -0.120. The average Bonchev–Trinajstić information content (AvgIpc) is 2.75. The fourth-order valence-corrected chi connectivity index (χ4v) is 2.94. The van der Waals surface area contributed by atoms with E-state index in [1.165, 1.54) is 12.1 Å². The van der Waals surface area contributed by atoms with Gasteiger partial charge in [-0.1, -0.05) is 24.3 Å². The Hall–Kier alpha value is -3.42. The van der Waals surface area contributed by atoms with E-state index >= 15 is 0 Å². The Morgan fingerprint density at radius 3 is 2.32 bits per heavy atom. The van der Waals surface area contributed by atoms with Crippen LogP contribution in [0.1, 0.15) is 21.5 Å². The highest BCUT2D eigenvalue weighted by Gasteiger charge is 2.08. The lowest BCUT2D eigenvalue weighted by Crippen LogP contribution is -2.42. The second kappa shape index (κ2) is 12.3. The zero-order valence-electron chi connectivity index (χ0n) is 18.2. The molecule has 0 saturated heterocycles. The number of nitrogens with zero attached hydrogens (tertiary/aromatic N) is 2. The zero-order valence-corrected chi connectivity index (χ0v) is 18.2. The third-order valence-corrected chi connectivity index (χ3v) is 4.50. The molecule has 0 radical (unpaired) electrons. The molecule has 0 aromatic heterocycles. The van der Waals surface area contributed by atoms with E-state index in [2.05, 4.69) is 20.9 Å². The lowest BCUT2D eigenvalue weighted by Gasteiger charge is -2.13. The van der Waals surface area contributed by atoms with Crippen LogP contribution in [0, 0.1) is 5.82 Å². The lowest BCUT2D eigenvalue weighted by atomic mass is 10.1. The summed E-state index contributed by atoms with van der Waals surface area (Å²) in [6, 6.07) is 13.6. The number of halogens is 1. The third kappa shape index (κ3) is 8.46. The first-order valence-corrected chi connectivity index (χ1v) is 10.2. The fraction of sp³-hybridized carbons (Fsp3) is 0.348. The van der Waals surface area contributed by atoms with Gasteiger partial charge in [0.2, 0.25) is 5.91 Å². The number of rotatable bonds is 9. The maximum absolute atomic E-state index is 13.2. The highest BCUT2D eigenvalue weighted by atomic mass is 19.1. The maximum atomic E-state index is 13.2. The Kier molecular flexibility index (Phi) is 9.48. The molecule has 2 amide bonds. The summed E-state index contributed by atoms with van der Waals surface area (Å²) in [5.74, 6) is 0.0898. The van der Waals surface area contributed by atoms with Crippen LogP contribution in [0.4, 0.5) is 4.39 Å². The number of carbonyl (C=O) groups is 2. The Morgan fingerprint density at radius 1 is 0.935 bits per heavy atom. The van der Waals surface area contributed by atoms with Gasteiger partial charge < -0.3 is 20.9 Å². The first-order chi connectivity index (χ1) is 14.9. The van der Waals surface area contributed by atoms with Gasteiger partial charge in [0.1, 0.15) is 5.82 Å². The number of hydrogen-bond donors (Lipinski definition) is 3. The van der Waals surface area contributed by atoms with Crippen LogP contribution in [-0.4, -0.2) is 63.5 Å². The Bertz CT molecular complexity index is 914. The molecular formula is C23H30FN5O2. The smallest absolute Gasteiger partial charge is 0.253 e. The molecule has 0 fully saturated rings. The van der Waals surface area contributed by atoms with Crippen molar-refractivity contribution in [2.24, 2.45) is 4.99 Å². The van der Waals surface area contributed by atoms with Crippen molar-refractivity contribution in [2.75, 3.05) is 40.8 Å². The summed E-state index contributed by atoms with van der Waals surface area (Å²) in [6.45, 7) is 1.57. The summed E-state index contributed by atoms with van der Waals surface area (Å²) in [5, 5.41) is 9.14.